The summed E-state index contributed by atoms with van der Waals surface area (Å²) in [6.45, 7) is 15.2. The van der Waals surface area contributed by atoms with Crippen LogP contribution < -0.4 is 4.90 Å². The van der Waals surface area contributed by atoms with Crippen molar-refractivity contribution in [1.29, 1.82) is 5.41 Å². The van der Waals surface area contributed by atoms with Crippen LogP contribution in [-0.2, 0) is 203 Å². The summed E-state index contributed by atoms with van der Waals surface area (Å²) < 4.78 is 3.82. The van der Waals surface area contributed by atoms with Gasteiger partial charge in [0.05, 0.1) is 14.1 Å². The normalized spacial score (nSPS) is 8.64. The molecule has 0 fully saturated rings. The molecule has 6 radical (unpaired) electrons. The van der Waals surface area contributed by atoms with Gasteiger partial charge >= 0.3 is 0 Å². The van der Waals surface area contributed by atoms with Crippen molar-refractivity contribution in [2.75, 3.05) is 59.8 Å². The molecule has 0 aromatic heterocycles. The van der Waals surface area contributed by atoms with Crippen LogP contribution in [0, 0.1) is 76.9 Å². The summed E-state index contributed by atoms with van der Waals surface area (Å²) in [5.74, 6) is 0. The van der Waals surface area contributed by atoms with Crippen LogP contribution >= 0.6 is 0 Å². The Kier molecular flexibility index (Phi) is 142. The van der Waals surface area contributed by atoms with Crippen molar-refractivity contribution in [1.82, 2.24) is 4.90 Å². The van der Waals surface area contributed by atoms with Crippen molar-refractivity contribution >= 4 is 24.5 Å². The molecule has 45 heavy (non-hydrogen) atoms. The minimum atomic E-state index is 0. The van der Waals surface area contributed by atoms with E-state index in [0.717, 1.165) is 19.3 Å². The van der Waals surface area contributed by atoms with Crippen molar-refractivity contribution in [3.05, 3.63) is 120 Å². The zero-order valence-corrected chi connectivity index (χ0v) is 47.7. The Morgan fingerprint density at radius 1 is 0.778 bits per heavy atom. The average molecular weight is 1080 g/mol. The van der Waals surface area contributed by atoms with E-state index >= 15 is 0 Å². The van der Waals surface area contributed by atoms with Gasteiger partial charge in [0.2, 0.25) is 0 Å². The van der Waals surface area contributed by atoms with Crippen LogP contribution in [0.4, 0.5) is 5.69 Å². The molecule has 0 atom stereocenters. The van der Waals surface area contributed by atoms with Gasteiger partial charge < -0.3 is 82.7 Å². The quantitative estimate of drug-likeness (QED) is 0.0730. The summed E-state index contributed by atoms with van der Waals surface area (Å²) in [6, 6.07) is 8.53. The summed E-state index contributed by atoms with van der Waals surface area (Å²) >= 11 is 0. The van der Waals surface area contributed by atoms with Gasteiger partial charge in [-0.2, -0.15) is 11.3 Å². The first-order valence-electron chi connectivity index (χ1n) is 10.6. The number of hydrogen-bond acceptors (Lipinski definition) is 4. The smallest absolute Gasteiger partial charge is 0.129 e. The van der Waals surface area contributed by atoms with Gasteiger partial charge in [0.25, 0.3) is 0 Å². The minimum Gasteiger partial charge on any atom is -0.583 e. The van der Waals surface area contributed by atoms with Gasteiger partial charge in [-0.25, -0.2) is 6.21 Å². The van der Waals surface area contributed by atoms with Crippen LogP contribution in [0.3, 0.4) is 0 Å². The zero-order chi connectivity index (χ0) is 25.5. The van der Waals surface area contributed by atoms with E-state index in [-0.39, 0.29) is 241 Å². The third-order valence-electron chi connectivity index (χ3n) is 3.92. The summed E-state index contributed by atoms with van der Waals surface area (Å²) in [5.41, 5.74) is 2.50. The molecular formula is C32H59N7Y6-10. The molecule has 1 aromatic rings. The average Bonchev–Trinajstić information content (AvgIpc) is 2.83. The summed E-state index contributed by atoms with van der Waals surface area (Å²) in [7, 11) is 9.90. The molecule has 0 heterocycles. The summed E-state index contributed by atoms with van der Waals surface area (Å²) in [5, 5.41) is 13.0. The fraction of sp³-hybridized carbons (Fsp3) is 0.312. The van der Waals surface area contributed by atoms with E-state index in [1.165, 1.54) is 17.5 Å². The first kappa shape index (κ1) is 92.0. The van der Waals surface area contributed by atoms with E-state index in [1.54, 1.807) is 12.2 Å². The fourth-order valence-electron chi connectivity index (χ4n) is 1.73. The van der Waals surface area contributed by atoms with Gasteiger partial charge in [-0.05, 0) is 39.2 Å². The molecule has 250 valence electrons. The molecule has 0 amide bonds. The first-order valence-corrected chi connectivity index (χ1v) is 10.6. The molecule has 0 saturated heterocycles. The summed E-state index contributed by atoms with van der Waals surface area (Å²) in [4.78, 5) is 3.95. The molecule has 0 unspecified atom stereocenters. The van der Waals surface area contributed by atoms with Crippen LogP contribution in [0.5, 0.6) is 0 Å². The summed E-state index contributed by atoms with van der Waals surface area (Å²) in [6.07, 6.45) is 15.9. The van der Waals surface area contributed by atoms with Crippen molar-refractivity contribution in [2.45, 2.75) is 13.3 Å². The van der Waals surface area contributed by atoms with Crippen molar-refractivity contribution in [3.63, 3.8) is 0 Å². The third-order valence-corrected chi connectivity index (χ3v) is 3.92. The van der Waals surface area contributed by atoms with E-state index in [2.05, 4.69) is 78.8 Å². The van der Waals surface area contributed by atoms with Gasteiger partial charge in [-0.3, -0.25) is 19.3 Å². The predicted molar refractivity (Wildman–Crippen MR) is 180 cm³/mol. The molecule has 0 aliphatic rings. The number of rotatable bonds is 10. The van der Waals surface area contributed by atoms with Gasteiger partial charge in [-0.1, -0.05) is 23.8 Å². The van der Waals surface area contributed by atoms with Crippen LogP contribution in [0.15, 0.2) is 52.8 Å². The number of anilines is 1. The second-order valence-corrected chi connectivity index (χ2v) is 6.91. The number of nitrogens with zero attached hydrogens (tertiary/aromatic N) is 6. The Morgan fingerprint density at radius 2 is 1.22 bits per heavy atom. The second-order valence-electron chi connectivity index (χ2n) is 6.91. The number of nitrogens with one attached hydrogen (secondary N) is 1. The standard InChI is InChI=1S/C13H19N2.C9H15N2.C4H7N3.6CH3.6Y/c1-5-15(4)11-10-12-6-8-13(9-7-12)14(2)3;1-5-10(3)8-7-9-11(4)6-2;1-2-3-6-7-4-5;;;;;;;;;;;;/h6-9H,1,5,10H2,2-4H3;7H,1-2,5-6H2,3-4H3;2-5H,1H3;6*1H3;;;;;;/q-1;-3;;6*-1;;;;;;/b;;3-2-,5-4?,7-6?;;;;;;;;;;;;. The van der Waals surface area contributed by atoms with E-state index in [1.807, 2.05) is 56.2 Å². The van der Waals surface area contributed by atoms with Crippen LogP contribution in [0.1, 0.15) is 12.5 Å². The molecule has 7 nitrogen and oxygen atoms in total. The Balaban J connectivity index is -0.0000000246. The van der Waals surface area contributed by atoms with Crippen molar-refractivity contribution < 1.29 is 205 Å². The molecule has 0 bridgehead atoms. The Bertz CT molecular complexity index is 785. The predicted octanol–water partition coefficient (Wildman–Crippen LogP) is 6.48. The third kappa shape index (κ3) is 66.4. The first-order chi connectivity index (χ1) is 15.7. The topological polar surface area (TPSA) is 61.1 Å². The number of hydrogen-bond donors (Lipinski definition) is 1. The molecule has 1 N–H and O–H groups in total. The van der Waals surface area contributed by atoms with Gasteiger partial charge in [0.1, 0.15) is 6.34 Å². The Labute approximate surface area is 435 Å². The Morgan fingerprint density at radius 3 is 1.56 bits per heavy atom. The van der Waals surface area contributed by atoms with Gasteiger partial charge in [-0.15, -0.1) is 18.1 Å². The van der Waals surface area contributed by atoms with Gasteiger partial charge in [0, 0.05) is 222 Å². The molecule has 1 rings (SSSR count). The molecule has 0 saturated carbocycles. The number of benzene rings is 1. The maximum absolute atomic E-state index is 6.36. The van der Waals surface area contributed by atoms with E-state index < -0.39 is 0 Å². The molecule has 13 heteroatoms. The molecular weight excluding hydrogens is 1020 g/mol. The van der Waals surface area contributed by atoms with E-state index in [4.69, 9.17) is 5.41 Å². The maximum Gasteiger partial charge on any atom is 0.129 e. The monoisotopic (exact) mass is 1070 g/mol. The van der Waals surface area contributed by atoms with Crippen molar-refractivity contribution in [2.24, 2.45) is 10.2 Å². The van der Waals surface area contributed by atoms with Crippen molar-refractivity contribution in [3.8, 4) is 0 Å². The van der Waals surface area contributed by atoms with E-state index in [0.29, 0.717) is 13.1 Å². The molecule has 0 aliphatic heterocycles. The maximum atomic E-state index is 6.36. The second kappa shape index (κ2) is 69.3. The molecule has 0 spiro atoms. The largest absolute Gasteiger partial charge is 0.583 e. The SMILES string of the molecule is C/C=C\N=NC=N.[CH2-]CN(C)[C-]=C[C-]=[N+](C)C[CH2-].[CH2-]C[N+](C)=[C-]Cc1ccc(N(C)C)cc1.[CH3-].[CH3-].[CH3-].[CH3-].[CH3-].[CH3-].[Y].[Y].[Y].[Y].[Y].[Y]. The van der Waals surface area contributed by atoms with E-state index in [9.17, 15) is 0 Å². The van der Waals surface area contributed by atoms with Crippen LogP contribution in [0.25, 0.3) is 0 Å². The fourth-order valence-corrected chi connectivity index (χ4v) is 1.73. The number of azo groups is 1. The molecule has 1 aromatic carbocycles. The van der Waals surface area contributed by atoms with Gasteiger partial charge in [0.15, 0.2) is 0 Å². The zero-order valence-electron chi connectivity index (χ0n) is 30.7. The van der Waals surface area contributed by atoms with Crippen LogP contribution in [-0.4, -0.2) is 87.7 Å². The van der Waals surface area contributed by atoms with Crippen LogP contribution in [0.2, 0.25) is 0 Å². The minimum absolute atomic E-state index is 0. The number of allylic oxidation sites excluding steroid dienone is 2. The molecule has 0 aliphatic carbocycles. The Hall–Kier alpha value is 3.53.